The Morgan fingerprint density at radius 1 is 1.41 bits per heavy atom. The second-order valence-electron chi connectivity index (χ2n) is 5.75. The molecule has 2 heterocycles. The number of nitrogens with zero attached hydrogens (tertiary/aromatic N) is 3. The number of nitrogens with one attached hydrogen (secondary N) is 1. The van der Waals surface area contributed by atoms with Gasteiger partial charge in [0, 0.05) is 31.2 Å². The Morgan fingerprint density at radius 3 is 2.76 bits per heavy atom. The highest BCUT2D eigenvalue weighted by Crippen LogP contribution is 2.22. The number of likely N-dealkylation sites (N-methyl/N-ethyl adjacent to an activating group) is 1. The molecule has 1 fully saturated rings. The van der Waals surface area contributed by atoms with E-state index in [1.165, 1.54) is 6.42 Å². The lowest BCUT2D eigenvalue weighted by atomic mass is 9.92. The van der Waals surface area contributed by atoms with E-state index in [0.29, 0.717) is 6.04 Å². The van der Waals surface area contributed by atoms with Gasteiger partial charge in [0.15, 0.2) is 0 Å². The summed E-state index contributed by atoms with van der Waals surface area (Å²) in [6.07, 6.45) is 3.03. The number of hydrogen-bond donors (Lipinski definition) is 1. The van der Waals surface area contributed by atoms with Gasteiger partial charge in [-0.15, -0.1) is 0 Å². The number of hydrogen-bond acceptors (Lipinski definition) is 4. The third kappa shape index (κ3) is 2.75. The van der Waals surface area contributed by atoms with Crippen LogP contribution in [0.5, 0.6) is 0 Å². The van der Waals surface area contributed by atoms with Gasteiger partial charge in [-0.3, -0.25) is 0 Å². The Morgan fingerprint density at radius 2 is 2.18 bits per heavy atom. The smallest absolute Gasteiger partial charge is 0.225 e. The lowest BCUT2D eigenvalue weighted by molar-refractivity contribution is 0.562. The Labute approximate surface area is 103 Å². The molecule has 1 aliphatic rings. The van der Waals surface area contributed by atoms with Crippen LogP contribution in [0.4, 0.5) is 5.95 Å². The highest BCUT2D eigenvalue weighted by molar-refractivity contribution is 5.32. The maximum Gasteiger partial charge on any atom is 0.225 e. The van der Waals surface area contributed by atoms with Crippen LogP contribution in [0.25, 0.3) is 0 Å². The predicted octanol–water partition coefficient (Wildman–Crippen LogP) is 1.57. The van der Waals surface area contributed by atoms with E-state index in [2.05, 4.69) is 48.0 Å². The highest BCUT2D eigenvalue weighted by atomic mass is 15.3. The fraction of sp³-hybridized carbons (Fsp3) is 0.692. The van der Waals surface area contributed by atoms with Crippen LogP contribution in [0, 0.1) is 0 Å². The molecule has 1 unspecified atom stereocenters. The van der Waals surface area contributed by atoms with Crippen LogP contribution in [0.2, 0.25) is 0 Å². The van der Waals surface area contributed by atoms with Crippen molar-refractivity contribution >= 4 is 5.95 Å². The van der Waals surface area contributed by atoms with Crippen LogP contribution in [0.1, 0.15) is 32.9 Å². The van der Waals surface area contributed by atoms with E-state index >= 15 is 0 Å². The summed E-state index contributed by atoms with van der Waals surface area (Å²) in [6.45, 7) is 8.65. The lowest BCUT2D eigenvalue weighted by Gasteiger charge is -2.25. The maximum absolute atomic E-state index is 4.68. The zero-order chi connectivity index (χ0) is 12.5. The molecule has 1 atom stereocenters. The SMILES string of the molecule is CN(c1nccc(C(C)(C)C)n1)C1CCNC1. The average molecular weight is 234 g/mol. The maximum atomic E-state index is 4.68. The first-order chi connectivity index (χ1) is 7.98. The predicted molar refractivity (Wildman–Crippen MR) is 70.4 cm³/mol. The molecular formula is C13H22N4. The quantitative estimate of drug-likeness (QED) is 0.843. The molecular weight excluding hydrogens is 212 g/mol. The van der Waals surface area contributed by atoms with E-state index in [0.717, 1.165) is 24.7 Å². The van der Waals surface area contributed by atoms with Gasteiger partial charge in [0.05, 0.1) is 5.69 Å². The summed E-state index contributed by atoms with van der Waals surface area (Å²) < 4.78 is 0. The van der Waals surface area contributed by atoms with Crippen LogP contribution >= 0.6 is 0 Å². The Bertz CT molecular complexity index is 377. The van der Waals surface area contributed by atoms with E-state index in [1.54, 1.807) is 0 Å². The molecule has 0 saturated carbocycles. The van der Waals surface area contributed by atoms with Gasteiger partial charge in [-0.1, -0.05) is 20.8 Å². The summed E-state index contributed by atoms with van der Waals surface area (Å²) in [5, 5.41) is 3.37. The second-order valence-corrected chi connectivity index (χ2v) is 5.75. The first kappa shape index (κ1) is 12.3. The van der Waals surface area contributed by atoms with Crippen molar-refractivity contribution in [2.75, 3.05) is 25.0 Å². The first-order valence-corrected chi connectivity index (χ1v) is 6.25. The van der Waals surface area contributed by atoms with Crippen LogP contribution < -0.4 is 10.2 Å². The molecule has 0 aromatic carbocycles. The molecule has 1 N–H and O–H groups in total. The van der Waals surface area contributed by atoms with Gasteiger partial charge in [-0.05, 0) is 19.0 Å². The van der Waals surface area contributed by atoms with Crippen molar-refractivity contribution in [3.05, 3.63) is 18.0 Å². The van der Waals surface area contributed by atoms with Crippen LogP contribution in [-0.4, -0.2) is 36.1 Å². The molecule has 94 valence electrons. The highest BCUT2D eigenvalue weighted by Gasteiger charge is 2.23. The summed E-state index contributed by atoms with van der Waals surface area (Å²) >= 11 is 0. The standard InChI is InChI=1S/C13H22N4/c1-13(2,3)11-6-8-15-12(16-11)17(4)10-5-7-14-9-10/h6,8,10,14H,5,7,9H2,1-4H3. The Hall–Kier alpha value is -1.16. The van der Waals surface area contributed by atoms with Gasteiger partial charge in [-0.2, -0.15) is 0 Å². The van der Waals surface area contributed by atoms with Gasteiger partial charge in [0.1, 0.15) is 0 Å². The van der Waals surface area contributed by atoms with Crippen molar-refractivity contribution in [2.24, 2.45) is 0 Å². The van der Waals surface area contributed by atoms with Crippen molar-refractivity contribution in [3.63, 3.8) is 0 Å². The summed E-state index contributed by atoms with van der Waals surface area (Å²) in [7, 11) is 2.08. The number of anilines is 1. The minimum Gasteiger partial charge on any atom is -0.340 e. The van der Waals surface area contributed by atoms with Gasteiger partial charge in [-0.25, -0.2) is 9.97 Å². The third-order valence-electron chi connectivity index (χ3n) is 3.31. The van der Waals surface area contributed by atoms with E-state index in [4.69, 9.17) is 0 Å². The molecule has 0 bridgehead atoms. The molecule has 1 aliphatic heterocycles. The van der Waals surface area contributed by atoms with Crippen LogP contribution in [0.15, 0.2) is 12.3 Å². The zero-order valence-electron chi connectivity index (χ0n) is 11.2. The van der Waals surface area contributed by atoms with E-state index in [-0.39, 0.29) is 5.41 Å². The molecule has 17 heavy (non-hydrogen) atoms. The van der Waals surface area contributed by atoms with Gasteiger partial charge < -0.3 is 10.2 Å². The van der Waals surface area contributed by atoms with Crippen molar-refractivity contribution in [3.8, 4) is 0 Å². The Kier molecular flexibility index (Phi) is 3.33. The molecule has 2 rings (SSSR count). The summed E-state index contributed by atoms with van der Waals surface area (Å²) in [5.74, 6) is 0.839. The number of aromatic nitrogens is 2. The zero-order valence-corrected chi connectivity index (χ0v) is 11.2. The molecule has 4 heteroatoms. The van der Waals surface area contributed by atoms with Crippen LogP contribution in [-0.2, 0) is 5.41 Å². The molecule has 0 spiro atoms. The van der Waals surface area contributed by atoms with Gasteiger partial charge >= 0.3 is 0 Å². The molecule has 1 aromatic heterocycles. The lowest BCUT2D eigenvalue weighted by Crippen LogP contribution is -2.35. The molecule has 1 aromatic rings. The van der Waals surface area contributed by atoms with E-state index in [9.17, 15) is 0 Å². The summed E-state index contributed by atoms with van der Waals surface area (Å²) in [5.41, 5.74) is 1.17. The van der Waals surface area contributed by atoms with Crippen molar-refractivity contribution in [1.29, 1.82) is 0 Å². The minimum absolute atomic E-state index is 0.0758. The van der Waals surface area contributed by atoms with E-state index < -0.39 is 0 Å². The monoisotopic (exact) mass is 234 g/mol. The summed E-state index contributed by atoms with van der Waals surface area (Å²) in [6, 6.07) is 2.52. The van der Waals surface area contributed by atoms with Crippen molar-refractivity contribution < 1.29 is 0 Å². The molecule has 0 amide bonds. The largest absolute Gasteiger partial charge is 0.340 e. The fourth-order valence-electron chi connectivity index (χ4n) is 2.07. The number of rotatable bonds is 2. The summed E-state index contributed by atoms with van der Waals surface area (Å²) in [4.78, 5) is 11.2. The minimum atomic E-state index is 0.0758. The average Bonchev–Trinajstić information content (AvgIpc) is 2.80. The van der Waals surface area contributed by atoms with Gasteiger partial charge in [0.25, 0.3) is 0 Å². The Balaban J connectivity index is 2.20. The topological polar surface area (TPSA) is 41.1 Å². The molecule has 0 radical (unpaired) electrons. The van der Waals surface area contributed by atoms with Crippen molar-refractivity contribution in [2.45, 2.75) is 38.6 Å². The second kappa shape index (κ2) is 4.61. The fourth-order valence-corrected chi connectivity index (χ4v) is 2.07. The van der Waals surface area contributed by atoms with Gasteiger partial charge in [0.2, 0.25) is 5.95 Å². The molecule has 4 nitrogen and oxygen atoms in total. The third-order valence-corrected chi connectivity index (χ3v) is 3.31. The first-order valence-electron chi connectivity index (χ1n) is 6.25. The van der Waals surface area contributed by atoms with E-state index in [1.807, 2.05) is 12.3 Å². The van der Waals surface area contributed by atoms with Crippen LogP contribution in [0.3, 0.4) is 0 Å². The van der Waals surface area contributed by atoms with Crippen molar-refractivity contribution in [1.82, 2.24) is 15.3 Å². The molecule has 0 aliphatic carbocycles. The normalized spacial score (nSPS) is 20.6. The molecule has 1 saturated heterocycles.